The van der Waals surface area contributed by atoms with Crippen molar-refractivity contribution in [1.82, 2.24) is 5.32 Å². The van der Waals surface area contributed by atoms with Crippen molar-refractivity contribution in [2.24, 2.45) is 0 Å². The third-order valence-electron chi connectivity index (χ3n) is 4.29. The molecule has 4 rings (SSSR count). The van der Waals surface area contributed by atoms with Crippen LogP contribution in [0.25, 0.3) is 17.4 Å². The minimum absolute atomic E-state index is 0.266. The van der Waals surface area contributed by atoms with Gasteiger partial charge in [-0.05, 0) is 55.0 Å². The molecule has 27 heavy (non-hydrogen) atoms. The van der Waals surface area contributed by atoms with Gasteiger partial charge < -0.3 is 9.73 Å². The molecule has 0 radical (unpaired) electrons. The van der Waals surface area contributed by atoms with E-state index in [0.29, 0.717) is 27.9 Å². The molecule has 0 saturated carbocycles. The van der Waals surface area contributed by atoms with Crippen LogP contribution in [0.3, 0.4) is 0 Å². The number of nitrogens with zero attached hydrogens (tertiary/aromatic N) is 1. The Bertz CT molecular complexity index is 1090. The molecule has 6 heteroatoms. The number of hydrogen-bond acceptors (Lipinski definition) is 3. The minimum Gasteiger partial charge on any atom is -0.457 e. The summed E-state index contributed by atoms with van der Waals surface area (Å²) in [5.41, 5.74) is 2.34. The predicted molar refractivity (Wildman–Crippen MR) is 106 cm³/mol. The third-order valence-corrected chi connectivity index (χ3v) is 4.57. The molecule has 2 aromatic carbocycles. The first-order chi connectivity index (χ1) is 13.0. The van der Waals surface area contributed by atoms with E-state index >= 15 is 0 Å². The molecule has 3 aromatic rings. The zero-order valence-electron chi connectivity index (χ0n) is 14.4. The lowest BCUT2D eigenvalue weighted by Gasteiger charge is -2.16. The number of amides is 1. The van der Waals surface area contributed by atoms with Crippen LogP contribution in [0, 0.1) is 12.7 Å². The van der Waals surface area contributed by atoms with Crippen LogP contribution in [0.5, 0.6) is 0 Å². The summed E-state index contributed by atoms with van der Waals surface area (Å²) in [6.45, 7) is 1.92. The lowest BCUT2D eigenvalue weighted by molar-refractivity contribution is -0.113. The Balaban J connectivity index is 1.64. The second-order valence-corrected chi connectivity index (χ2v) is 6.48. The Morgan fingerprint density at radius 1 is 1.07 bits per heavy atom. The van der Waals surface area contributed by atoms with Gasteiger partial charge in [0, 0.05) is 6.08 Å². The molecular weight excluding hydrogens is 363 g/mol. The maximum Gasteiger partial charge on any atom is 0.281 e. The van der Waals surface area contributed by atoms with Crippen LogP contribution < -0.4 is 10.2 Å². The van der Waals surface area contributed by atoms with E-state index in [1.807, 2.05) is 31.2 Å². The van der Waals surface area contributed by atoms with E-state index in [4.69, 9.17) is 16.6 Å². The average molecular weight is 378 g/mol. The summed E-state index contributed by atoms with van der Waals surface area (Å²) in [6, 6.07) is 17.2. The quantitative estimate of drug-likeness (QED) is 0.532. The van der Waals surface area contributed by atoms with Gasteiger partial charge in [0.25, 0.3) is 5.91 Å². The molecule has 0 spiro atoms. The van der Waals surface area contributed by atoms with Crippen LogP contribution in [-0.2, 0) is 4.79 Å². The van der Waals surface area contributed by atoms with E-state index in [-0.39, 0.29) is 11.7 Å². The molecular formula is C21H15FN2O2S. The van der Waals surface area contributed by atoms with Gasteiger partial charge in [0.05, 0.1) is 11.3 Å². The lowest BCUT2D eigenvalue weighted by atomic mass is 10.1. The number of benzene rings is 2. The normalized spacial score (nSPS) is 15.5. The minimum atomic E-state index is -0.368. The fourth-order valence-corrected chi connectivity index (χ4v) is 3.24. The van der Waals surface area contributed by atoms with E-state index in [1.165, 1.54) is 11.0 Å². The summed E-state index contributed by atoms with van der Waals surface area (Å²) in [6.07, 6.45) is 1.57. The van der Waals surface area contributed by atoms with Crippen molar-refractivity contribution in [2.45, 2.75) is 6.92 Å². The standard InChI is InChI=1S/C21H15FN2O2S/c1-13-6-2-5-9-18(13)24-20(25)17(23-21(24)27)12-14-10-11-19(26-14)15-7-3-4-8-16(15)22/h2-12H,1H3,(H,23,27)/b17-12+. The Kier molecular flexibility index (Phi) is 4.33. The van der Waals surface area contributed by atoms with Crippen molar-refractivity contribution in [2.75, 3.05) is 4.90 Å². The molecule has 1 amide bonds. The number of aryl methyl sites for hydroxylation is 1. The highest BCUT2D eigenvalue weighted by atomic mass is 32.1. The number of thiocarbonyl (C=S) groups is 1. The van der Waals surface area contributed by atoms with Crippen LogP contribution in [0.1, 0.15) is 11.3 Å². The number of nitrogens with one attached hydrogen (secondary N) is 1. The van der Waals surface area contributed by atoms with Crippen molar-refractivity contribution < 1.29 is 13.6 Å². The van der Waals surface area contributed by atoms with Crippen molar-refractivity contribution in [3.8, 4) is 11.3 Å². The number of halogens is 1. The fourth-order valence-electron chi connectivity index (χ4n) is 2.95. The Hall–Kier alpha value is -3.25. The van der Waals surface area contributed by atoms with E-state index < -0.39 is 0 Å². The van der Waals surface area contributed by atoms with Crippen molar-refractivity contribution >= 4 is 35.0 Å². The zero-order valence-corrected chi connectivity index (χ0v) is 15.2. The fraction of sp³-hybridized carbons (Fsp3) is 0.0476. The molecule has 1 saturated heterocycles. The van der Waals surface area contributed by atoms with Crippen LogP contribution in [-0.4, -0.2) is 11.0 Å². The maximum atomic E-state index is 13.9. The number of hydrogen-bond donors (Lipinski definition) is 1. The molecule has 1 fully saturated rings. The molecule has 0 unspecified atom stereocenters. The monoisotopic (exact) mass is 378 g/mol. The molecule has 0 bridgehead atoms. The van der Waals surface area contributed by atoms with Gasteiger partial charge >= 0.3 is 0 Å². The SMILES string of the molecule is Cc1ccccc1N1C(=O)/C(=C\c2ccc(-c3ccccc3F)o2)NC1=S. The highest BCUT2D eigenvalue weighted by Gasteiger charge is 2.32. The Morgan fingerprint density at radius 2 is 1.81 bits per heavy atom. The van der Waals surface area contributed by atoms with E-state index in [0.717, 1.165) is 11.3 Å². The zero-order chi connectivity index (χ0) is 19.0. The second-order valence-electron chi connectivity index (χ2n) is 6.10. The second kappa shape index (κ2) is 6.81. The molecule has 0 aliphatic carbocycles. The Morgan fingerprint density at radius 3 is 2.59 bits per heavy atom. The summed E-state index contributed by atoms with van der Waals surface area (Å²) in [5.74, 6) is 0.188. The molecule has 134 valence electrons. The first-order valence-electron chi connectivity index (χ1n) is 8.32. The maximum absolute atomic E-state index is 13.9. The number of rotatable bonds is 3. The van der Waals surface area contributed by atoms with Crippen molar-refractivity contribution in [1.29, 1.82) is 0 Å². The van der Waals surface area contributed by atoms with Crippen LogP contribution in [0.4, 0.5) is 10.1 Å². The van der Waals surface area contributed by atoms with E-state index in [1.54, 1.807) is 36.4 Å². The number of carbonyl (C=O) groups is 1. The van der Waals surface area contributed by atoms with Gasteiger partial charge in [-0.2, -0.15) is 0 Å². The van der Waals surface area contributed by atoms with Gasteiger partial charge in [-0.3, -0.25) is 9.69 Å². The van der Waals surface area contributed by atoms with Gasteiger partial charge in [0.1, 0.15) is 23.0 Å². The van der Waals surface area contributed by atoms with Gasteiger partial charge in [-0.15, -0.1) is 0 Å². The van der Waals surface area contributed by atoms with Gasteiger partial charge in [0.2, 0.25) is 0 Å². The highest BCUT2D eigenvalue weighted by Crippen LogP contribution is 2.28. The summed E-state index contributed by atoms with van der Waals surface area (Å²) in [7, 11) is 0. The van der Waals surface area contributed by atoms with E-state index in [9.17, 15) is 9.18 Å². The number of para-hydroxylation sites is 1. The predicted octanol–water partition coefficient (Wildman–Crippen LogP) is 4.66. The first kappa shape index (κ1) is 17.2. The molecule has 1 N–H and O–H groups in total. The number of anilines is 1. The van der Waals surface area contributed by atoms with Crippen LogP contribution in [0.2, 0.25) is 0 Å². The average Bonchev–Trinajstić information content (AvgIpc) is 3.21. The molecule has 1 aromatic heterocycles. The Labute approximate surface area is 160 Å². The van der Waals surface area contributed by atoms with Gasteiger partial charge in [0.15, 0.2) is 5.11 Å². The smallest absolute Gasteiger partial charge is 0.281 e. The first-order valence-corrected chi connectivity index (χ1v) is 8.73. The van der Waals surface area contributed by atoms with Crippen molar-refractivity contribution in [3.05, 3.63) is 83.5 Å². The molecule has 1 aliphatic rings. The highest BCUT2D eigenvalue weighted by molar-refractivity contribution is 7.80. The van der Waals surface area contributed by atoms with Gasteiger partial charge in [-0.1, -0.05) is 30.3 Å². The van der Waals surface area contributed by atoms with Crippen LogP contribution >= 0.6 is 12.2 Å². The van der Waals surface area contributed by atoms with E-state index in [2.05, 4.69) is 5.32 Å². The topological polar surface area (TPSA) is 45.5 Å². The summed E-state index contributed by atoms with van der Waals surface area (Å²) >= 11 is 5.32. The molecule has 0 atom stereocenters. The lowest BCUT2D eigenvalue weighted by Crippen LogP contribution is -2.30. The van der Waals surface area contributed by atoms with Gasteiger partial charge in [-0.25, -0.2) is 4.39 Å². The van der Waals surface area contributed by atoms with Crippen LogP contribution in [0.15, 0.2) is 70.8 Å². The summed E-state index contributed by atoms with van der Waals surface area (Å²) < 4.78 is 19.6. The molecule has 1 aliphatic heterocycles. The summed E-state index contributed by atoms with van der Waals surface area (Å²) in [5, 5.41) is 3.23. The number of furan rings is 1. The third kappa shape index (κ3) is 3.15. The largest absolute Gasteiger partial charge is 0.457 e. The molecule has 4 nitrogen and oxygen atoms in total. The summed E-state index contributed by atoms with van der Waals surface area (Å²) in [4.78, 5) is 14.3. The van der Waals surface area contributed by atoms with Crippen molar-refractivity contribution in [3.63, 3.8) is 0 Å². The number of carbonyl (C=O) groups excluding carboxylic acids is 1. The molecule has 2 heterocycles.